The number of nitrogens with zero attached hydrogens (tertiary/aromatic N) is 3. The third kappa shape index (κ3) is 8.79. The van der Waals surface area contributed by atoms with Gasteiger partial charge in [-0.25, -0.2) is 19.4 Å². The second-order valence-electron chi connectivity index (χ2n) is 7.87. The number of aliphatic carboxylic acids is 1. The quantitative estimate of drug-likeness (QED) is 0.290. The molecule has 0 bridgehead atoms. The van der Waals surface area contributed by atoms with Crippen LogP contribution >= 0.6 is 0 Å². The van der Waals surface area contributed by atoms with E-state index < -0.39 is 42.1 Å². The molecular weight excluding hydrogens is 507 g/mol. The van der Waals surface area contributed by atoms with Gasteiger partial charge in [-0.05, 0) is 29.5 Å². The molecule has 11 nitrogen and oxygen atoms in total. The van der Waals surface area contributed by atoms with Gasteiger partial charge in [-0.1, -0.05) is 60.7 Å². The number of amides is 2. The minimum atomic E-state index is -1.38. The van der Waals surface area contributed by atoms with Crippen LogP contribution in [-0.4, -0.2) is 50.6 Å². The van der Waals surface area contributed by atoms with Crippen molar-refractivity contribution in [3.63, 3.8) is 0 Å². The zero-order valence-corrected chi connectivity index (χ0v) is 23.6. The Morgan fingerprint density at radius 1 is 1.11 bits per heavy atom. The van der Waals surface area contributed by atoms with Crippen molar-refractivity contribution in [2.45, 2.75) is 26.1 Å². The third-order valence-electron chi connectivity index (χ3n) is 5.25. The van der Waals surface area contributed by atoms with Crippen molar-refractivity contribution < 1.29 is 80.7 Å². The number of alkyl carbamates (subject to hydrolysis) is 1. The van der Waals surface area contributed by atoms with Crippen LogP contribution < -0.4 is 67.5 Å². The Labute approximate surface area is 255 Å². The predicted octanol–water partition coefficient (Wildman–Crippen LogP) is -1.79. The van der Waals surface area contributed by atoms with E-state index in [9.17, 15) is 29.4 Å². The molecule has 188 valence electrons. The summed E-state index contributed by atoms with van der Waals surface area (Å²) in [7, 11) is 0. The van der Waals surface area contributed by atoms with Crippen molar-refractivity contribution in [1.29, 1.82) is 0 Å². The van der Waals surface area contributed by atoms with Crippen molar-refractivity contribution in [2.24, 2.45) is 0 Å². The fraction of sp³-hybridized carbons (Fsp3) is 0.240. The Morgan fingerprint density at radius 3 is 2.35 bits per heavy atom. The molecule has 0 saturated carbocycles. The summed E-state index contributed by atoms with van der Waals surface area (Å²) in [5.41, 5.74) is 0.363. The molecule has 1 unspecified atom stereocenters. The van der Waals surface area contributed by atoms with Gasteiger partial charge in [0.25, 0.3) is 0 Å². The molecule has 2 N–H and O–H groups in total. The molecule has 2 amide bonds. The first-order chi connectivity index (χ1) is 17.3. The minimum absolute atomic E-state index is 0. The van der Waals surface area contributed by atoms with Gasteiger partial charge in [-0.3, -0.25) is 9.36 Å². The molecule has 0 radical (unpaired) electrons. The molecule has 3 aromatic rings. The number of rotatable bonds is 10. The molecular formula is C25H25KN4O7. The van der Waals surface area contributed by atoms with E-state index >= 15 is 0 Å². The fourth-order valence-corrected chi connectivity index (χ4v) is 3.47. The molecule has 1 aromatic heterocycles. The van der Waals surface area contributed by atoms with Crippen molar-refractivity contribution in [3.8, 4) is 5.88 Å². The molecule has 0 spiro atoms. The molecule has 37 heavy (non-hydrogen) atoms. The second kappa shape index (κ2) is 14.6. The number of aromatic nitrogens is 2. The van der Waals surface area contributed by atoms with Crippen LogP contribution in [0.2, 0.25) is 0 Å². The van der Waals surface area contributed by atoms with E-state index in [1.54, 1.807) is 42.5 Å². The Kier molecular flexibility index (Phi) is 11.9. The van der Waals surface area contributed by atoms with Gasteiger partial charge in [0.05, 0.1) is 0 Å². The molecule has 0 aliphatic rings. The van der Waals surface area contributed by atoms with Crippen LogP contribution in [0.3, 0.4) is 0 Å². The van der Waals surface area contributed by atoms with E-state index in [2.05, 4.69) is 10.3 Å². The number of hydrogen-bond acceptors (Lipinski definition) is 7. The molecule has 1 atom stereocenters. The zero-order chi connectivity index (χ0) is 26.1. The summed E-state index contributed by atoms with van der Waals surface area (Å²) in [5, 5.41) is 24.0. The van der Waals surface area contributed by atoms with E-state index in [1.165, 1.54) is 13.1 Å². The van der Waals surface area contributed by atoms with Crippen LogP contribution in [0.25, 0.3) is 0 Å². The second-order valence-corrected chi connectivity index (χ2v) is 7.87. The van der Waals surface area contributed by atoms with Crippen LogP contribution in [0.15, 0.2) is 71.7 Å². The normalized spacial score (nSPS) is 11.1. The van der Waals surface area contributed by atoms with Crippen molar-refractivity contribution in [1.82, 2.24) is 19.8 Å². The zero-order valence-electron chi connectivity index (χ0n) is 20.5. The summed E-state index contributed by atoms with van der Waals surface area (Å²) in [5.74, 6) is -2.71. The van der Waals surface area contributed by atoms with Crippen LogP contribution in [-0.2, 0) is 27.5 Å². The Bertz CT molecular complexity index is 1270. The smallest absolute Gasteiger partial charge is 0.858 e. The molecule has 0 fully saturated rings. The largest absolute Gasteiger partial charge is 1.00 e. The van der Waals surface area contributed by atoms with Crippen LogP contribution in [0.1, 0.15) is 22.7 Å². The van der Waals surface area contributed by atoms with Gasteiger partial charge in [-0.2, -0.15) is 0 Å². The average molecular weight is 533 g/mol. The van der Waals surface area contributed by atoms with E-state index in [1.807, 2.05) is 18.2 Å². The van der Waals surface area contributed by atoms with Crippen LogP contribution in [0.4, 0.5) is 4.79 Å². The minimum Gasteiger partial charge on any atom is -0.858 e. The number of nitrogens with one attached hydrogen (secondary N) is 1. The van der Waals surface area contributed by atoms with E-state index in [0.29, 0.717) is 5.56 Å². The Hall–Kier alpha value is -3.03. The number of hydrogen-bond donors (Lipinski definition) is 2. The first-order valence-corrected chi connectivity index (χ1v) is 11.0. The summed E-state index contributed by atoms with van der Waals surface area (Å²) in [6.45, 7) is 0.653. The summed E-state index contributed by atoms with van der Waals surface area (Å²) in [6.07, 6.45) is 0.463. The Balaban J connectivity index is 0.00000481. The molecule has 0 aliphatic heterocycles. The SMILES string of the molecule is Cc1cn(CC(=O)N(CCNC(=O)OCc2ccccc2)C(C(=O)O)c2ccccc2)c(=O)nc1[O-].[K+]. The number of aryl methyl sites for hydroxylation is 1. The summed E-state index contributed by atoms with van der Waals surface area (Å²) in [6, 6.07) is 15.8. The van der Waals surface area contributed by atoms with E-state index in [0.717, 1.165) is 15.0 Å². The van der Waals surface area contributed by atoms with Gasteiger partial charge in [0, 0.05) is 19.3 Å². The van der Waals surface area contributed by atoms with E-state index in [4.69, 9.17) is 4.74 Å². The molecule has 2 aromatic carbocycles. The number of carbonyl (C=O) groups excluding carboxylic acids is 2. The predicted molar refractivity (Wildman–Crippen MR) is 126 cm³/mol. The Morgan fingerprint density at radius 2 is 1.73 bits per heavy atom. The summed E-state index contributed by atoms with van der Waals surface area (Å²) < 4.78 is 6.09. The molecule has 0 aliphatic carbocycles. The number of carboxylic acid groups (broad SMARTS) is 1. The third-order valence-corrected chi connectivity index (χ3v) is 5.25. The first-order valence-electron chi connectivity index (χ1n) is 11.0. The molecule has 1 heterocycles. The molecule has 0 saturated heterocycles. The van der Waals surface area contributed by atoms with Gasteiger partial charge in [0.1, 0.15) is 13.2 Å². The maximum atomic E-state index is 13.2. The standard InChI is InChI=1S/C25H26N4O7.K/c1-17-14-28(24(34)27-22(17)31)15-20(30)29(21(23(32)33)19-10-6-3-7-11-19)13-12-26-25(35)36-16-18-8-4-2-5-9-18;/h2-11,14,21H,12-13,15-16H2,1H3,(H,26,35)(H,32,33)(H,27,31,34);/q;+1/p-1. The van der Waals surface area contributed by atoms with Gasteiger partial charge in [0.15, 0.2) is 6.04 Å². The summed E-state index contributed by atoms with van der Waals surface area (Å²) >= 11 is 0. The maximum Gasteiger partial charge on any atom is 1.00 e. The number of carboxylic acids is 1. The van der Waals surface area contributed by atoms with Gasteiger partial charge in [-0.15, -0.1) is 0 Å². The number of ether oxygens (including phenoxy) is 1. The molecule has 12 heteroatoms. The van der Waals surface area contributed by atoms with Crippen molar-refractivity contribution >= 4 is 18.0 Å². The monoisotopic (exact) mass is 532 g/mol. The van der Waals surface area contributed by atoms with Gasteiger partial charge >= 0.3 is 69.1 Å². The summed E-state index contributed by atoms with van der Waals surface area (Å²) in [4.78, 5) is 54.0. The van der Waals surface area contributed by atoms with E-state index in [-0.39, 0.29) is 76.6 Å². The number of benzene rings is 2. The molecule has 3 rings (SSSR count). The van der Waals surface area contributed by atoms with Gasteiger partial charge in [0.2, 0.25) is 5.91 Å². The number of carbonyl (C=O) groups is 3. The first kappa shape index (κ1) is 30.2. The van der Waals surface area contributed by atoms with Crippen LogP contribution in [0.5, 0.6) is 5.88 Å². The van der Waals surface area contributed by atoms with Crippen molar-refractivity contribution in [3.05, 3.63) is 94.0 Å². The van der Waals surface area contributed by atoms with Gasteiger partial charge < -0.3 is 25.2 Å². The maximum absolute atomic E-state index is 13.2. The topological polar surface area (TPSA) is 154 Å². The van der Waals surface area contributed by atoms with Crippen LogP contribution in [0, 0.1) is 6.92 Å². The van der Waals surface area contributed by atoms with Crippen molar-refractivity contribution in [2.75, 3.05) is 13.1 Å². The average Bonchev–Trinajstić information content (AvgIpc) is 2.86. The fourth-order valence-electron chi connectivity index (χ4n) is 3.47.